The summed E-state index contributed by atoms with van der Waals surface area (Å²) in [5.74, 6) is -3.93. The van der Waals surface area contributed by atoms with E-state index < -0.39 is 18.9 Å². The molecule has 1 fully saturated rings. The monoisotopic (exact) mass is 336 g/mol. The molecule has 0 unspecified atom stereocenters. The third-order valence-electron chi connectivity index (χ3n) is 4.43. The maximum absolute atomic E-state index is 13.1. The minimum absolute atomic E-state index is 0.377. The fourth-order valence-electron chi connectivity index (χ4n) is 2.97. The van der Waals surface area contributed by atoms with Crippen molar-refractivity contribution < 1.29 is 17.6 Å². The Morgan fingerprint density at radius 2 is 1.65 bits per heavy atom. The van der Waals surface area contributed by atoms with Crippen molar-refractivity contribution in [2.24, 2.45) is 0 Å². The topological polar surface area (TPSA) is 24.3 Å². The van der Waals surface area contributed by atoms with Crippen molar-refractivity contribution in [1.82, 2.24) is 19.6 Å². The van der Waals surface area contributed by atoms with Crippen LogP contribution < -0.4 is 0 Å². The van der Waals surface area contributed by atoms with Gasteiger partial charge in [0.25, 0.3) is 0 Å². The zero-order valence-electron chi connectivity index (χ0n) is 13.8. The van der Waals surface area contributed by atoms with Gasteiger partial charge in [0.15, 0.2) is 0 Å². The van der Waals surface area contributed by atoms with Gasteiger partial charge >= 0.3 is 12.3 Å². The third-order valence-corrected chi connectivity index (χ3v) is 4.43. The first kappa shape index (κ1) is 18.2. The number of halogens is 4. The summed E-state index contributed by atoms with van der Waals surface area (Å²) in [6, 6.07) is 0. The SMILES string of the molecule is CCn1nc(C)c(CN2CCN(CC(F)(F)C(F)F)CC2)c1C. The summed E-state index contributed by atoms with van der Waals surface area (Å²) in [5, 5.41) is 4.47. The van der Waals surface area contributed by atoms with Gasteiger partial charge in [0.1, 0.15) is 0 Å². The summed E-state index contributed by atoms with van der Waals surface area (Å²) in [6.07, 6.45) is -3.61. The molecule has 4 nitrogen and oxygen atoms in total. The van der Waals surface area contributed by atoms with Crippen LogP contribution in [0.4, 0.5) is 17.6 Å². The molecule has 0 N–H and O–H groups in total. The zero-order chi connectivity index (χ0) is 17.2. The highest BCUT2D eigenvalue weighted by Gasteiger charge is 2.42. The van der Waals surface area contributed by atoms with E-state index in [-0.39, 0.29) is 0 Å². The number of hydrogen-bond donors (Lipinski definition) is 0. The summed E-state index contributed by atoms with van der Waals surface area (Å²) >= 11 is 0. The third kappa shape index (κ3) is 4.23. The summed E-state index contributed by atoms with van der Waals surface area (Å²) in [7, 11) is 0. The highest BCUT2D eigenvalue weighted by Crippen LogP contribution is 2.25. The molecular formula is C15H24F4N4. The van der Waals surface area contributed by atoms with Crippen molar-refractivity contribution in [2.75, 3.05) is 32.7 Å². The van der Waals surface area contributed by atoms with E-state index in [2.05, 4.69) is 10.00 Å². The lowest BCUT2D eigenvalue weighted by Crippen LogP contribution is -2.51. The summed E-state index contributed by atoms with van der Waals surface area (Å²) in [6.45, 7) is 8.62. The second-order valence-electron chi connectivity index (χ2n) is 6.08. The van der Waals surface area contributed by atoms with Crippen LogP contribution in [0.25, 0.3) is 0 Å². The molecule has 1 saturated heterocycles. The van der Waals surface area contributed by atoms with Crippen LogP contribution in [0.3, 0.4) is 0 Å². The van der Waals surface area contributed by atoms with Crippen molar-refractivity contribution in [3.63, 3.8) is 0 Å². The smallest absolute Gasteiger partial charge is 0.296 e. The minimum atomic E-state index is -3.93. The largest absolute Gasteiger partial charge is 0.319 e. The molecule has 1 aromatic rings. The number of piperazine rings is 1. The maximum Gasteiger partial charge on any atom is 0.319 e. The standard InChI is InChI=1S/C15H24F4N4/c1-4-23-12(3)13(11(2)20-23)9-21-5-7-22(8-6-21)10-15(18,19)14(16)17/h14H,4-10H2,1-3H3. The Morgan fingerprint density at radius 1 is 1.09 bits per heavy atom. The molecule has 0 saturated carbocycles. The predicted octanol–water partition coefficient (Wildman–Crippen LogP) is 2.54. The lowest BCUT2D eigenvalue weighted by atomic mass is 10.1. The molecule has 2 heterocycles. The van der Waals surface area contributed by atoms with Crippen molar-refractivity contribution in [3.8, 4) is 0 Å². The highest BCUT2D eigenvalue weighted by atomic mass is 19.3. The molecule has 1 aromatic heterocycles. The van der Waals surface area contributed by atoms with E-state index in [0.29, 0.717) is 26.2 Å². The fourth-order valence-corrected chi connectivity index (χ4v) is 2.97. The van der Waals surface area contributed by atoms with Crippen LogP contribution >= 0.6 is 0 Å². The number of rotatable bonds is 6. The van der Waals surface area contributed by atoms with Gasteiger partial charge in [-0.1, -0.05) is 0 Å². The van der Waals surface area contributed by atoms with Crippen LogP contribution in [0.1, 0.15) is 23.9 Å². The lowest BCUT2D eigenvalue weighted by Gasteiger charge is -2.36. The molecule has 0 atom stereocenters. The van der Waals surface area contributed by atoms with Gasteiger partial charge in [0.05, 0.1) is 12.2 Å². The molecule has 2 rings (SSSR count). The van der Waals surface area contributed by atoms with E-state index >= 15 is 0 Å². The van der Waals surface area contributed by atoms with Crippen molar-refractivity contribution >= 4 is 0 Å². The van der Waals surface area contributed by atoms with E-state index in [1.807, 2.05) is 25.5 Å². The quantitative estimate of drug-likeness (QED) is 0.746. The molecule has 8 heteroatoms. The van der Waals surface area contributed by atoms with Crippen molar-refractivity contribution in [2.45, 2.75) is 46.2 Å². The van der Waals surface area contributed by atoms with E-state index in [0.717, 1.165) is 24.5 Å². The van der Waals surface area contributed by atoms with Crippen LogP contribution in [0, 0.1) is 13.8 Å². The Balaban J connectivity index is 1.89. The lowest BCUT2D eigenvalue weighted by molar-refractivity contribution is -0.145. The Morgan fingerprint density at radius 3 is 2.13 bits per heavy atom. The van der Waals surface area contributed by atoms with Gasteiger partial charge in [-0.3, -0.25) is 14.5 Å². The van der Waals surface area contributed by atoms with Gasteiger partial charge in [-0.05, 0) is 20.8 Å². The van der Waals surface area contributed by atoms with Crippen LogP contribution in [0.2, 0.25) is 0 Å². The first-order chi connectivity index (χ1) is 10.7. The maximum atomic E-state index is 13.1. The van der Waals surface area contributed by atoms with E-state index in [1.54, 1.807) is 0 Å². The van der Waals surface area contributed by atoms with Gasteiger partial charge in [-0.25, -0.2) is 8.78 Å². The van der Waals surface area contributed by atoms with Crippen LogP contribution in [-0.4, -0.2) is 64.7 Å². The Kier molecular flexibility index (Phi) is 5.67. The average molecular weight is 336 g/mol. The fraction of sp³-hybridized carbons (Fsp3) is 0.800. The molecule has 0 aromatic carbocycles. The summed E-state index contributed by atoms with van der Waals surface area (Å²) in [5.41, 5.74) is 3.27. The summed E-state index contributed by atoms with van der Waals surface area (Å²) < 4.78 is 52.7. The minimum Gasteiger partial charge on any atom is -0.296 e. The predicted molar refractivity (Wildman–Crippen MR) is 80.0 cm³/mol. The second-order valence-corrected chi connectivity index (χ2v) is 6.08. The van der Waals surface area contributed by atoms with Crippen LogP contribution in [-0.2, 0) is 13.1 Å². The molecule has 0 amide bonds. The number of aryl methyl sites for hydroxylation is 2. The van der Waals surface area contributed by atoms with Gasteiger partial charge in [0, 0.05) is 50.5 Å². The van der Waals surface area contributed by atoms with E-state index in [1.165, 1.54) is 10.5 Å². The van der Waals surface area contributed by atoms with Gasteiger partial charge in [-0.2, -0.15) is 13.9 Å². The average Bonchev–Trinajstić information content (AvgIpc) is 2.76. The number of aromatic nitrogens is 2. The van der Waals surface area contributed by atoms with Gasteiger partial charge < -0.3 is 0 Å². The summed E-state index contributed by atoms with van der Waals surface area (Å²) in [4.78, 5) is 3.58. The molecule has 0 aliphatic carbocycles. The van der Waals surface area contributed by atoms with Gasteiger partial charge in [0.2, 0.25) is 0 Å². The normalized spacial score (nSPS) is 18.1. The molecule has 23 heavy (non-hydrogen) atoms. The molecule has 0 radical (unpaired) electrons. The van der Waals surface area contributed by atoms with Crippen LogP contribution in [0.15, 0.2) is 0 Å². The molecule has 0 spiro atoms. The molecule has 0 bridgehead atoms. The number of alkyl halides is 4. The highest BCUT2D eigenvalue weighted by molar-refractivity contribution is 5.24. The zero-order valence-corrected chi connectivity index (χ0v) is 13.8. The molecular weight excluding hydrogens is 312 g/mol. The van der Waals surface area contributed by atoms with E-state index in [9.17, 15) is 17.6 Å². The molecule has 132 valence electrons. The Labute approximate surface area is 134 Å². The molecule has 1 aliphatic heterocycles. The Hall–Kier alpha value is -1.15. The first-order valence-corrected chi connectivity index (χ1v) is 7.88. The van der Waals surface area contributed by atoms with Crippen molar-refractivity contribution in [3.05, 3.63) is 17.0 Å². The van der Waals surface area contributed by atoms with Crippen LogP contribution in [0.5, 0.6) is 0 Å². The van der Waals surface area contributed by atoms with E-state index in [4.69, 9.17) is 0 Å². The first-order valence-electron chi connectivity index (χ1n) is 7.88. The number of hydrogen-bond acceptors (Lipinski definition) is 3. The van der Waals surface area contributed by atoms with Gasteiger partial charge in [-0.15, -0.1) is 0 Å². The number of nitrogens with zero attached hydrogens (tertiary/aromatic N) is 4. The molecule has 1 aliphatic rings. The Bertz CT molecular complexity index is 522. The van der Waals surface area contributed by atoms with Crippen molar-refractivity contribution in [1.29, 1.82) is 0 Å². The second kappa shape index (κ2) is 7.17.